The Kier molecular flexibility index (Phi) is 5.77. The van der Waals surface area contributed by atoms with Crippen LogP contribution in [0.15, 0.2) is 42.7 Å². The number of para-hydroxylation sites is 2. The maximum atomic E-state index is 13.6. The molecule has 1 aliphatic heterocycles. The fourth-order valence-electron chi connectivity index (χ4n) is 3.71. The number of H-pyrrole nitrogens is 1. The third kappa shape index (κ3) is 4.54. The lowest BCUT2D eigenvalue weighted by molar-refractivity contribution is -0.132. The van der Waals surface area contributed by atoms with Crippen LogP contribution in [0.25, 0.3) is 23.2 Å². The molecule has 3 aromatic rings. The number of imidazole rings is 1. The van der Waals surface area contributed by atoms with Crippen LogP contribution in [-0.4, -0.2) is 50.1 Å². The Labute approximate surface area is 182 Å². The van der Waals surface area contributed by atoms with Crippen LogP contribution in [0.5, 0.6) is 0 Å². The van der Waals surface area contributed by atoms with Crippen LogP contribution in [0.4, 0.5) is 8.78 Å². The van der Waals surface area contributed by atoms with E-state index in [1.165, 1.54) is 12.4 Å². The van der Waals surface area contributed by atoms with E-state index in [9.17, 15) is 18.4 Å². The summed E-state index contributed by atoms with van der Waals surface area (Å²) in [4.78, 5) is 37.6. The number of ketones is 1. The van der Waals surface area contributed by atoms with Gasteiger partial charge in [-0.2, -0.15) is 5.26 Å². The van der Waals surface area contributed by atoms with Gasteiger partial charge in [-0.05, 0) is 30.4 Å². The predicted molar refractivity (Wildman–Crippen MR) is 114 cm³/mol. The summed E-state index contributed by atoms with van der Waals surface area (Å²) in [5.41, 5.74) is 2.62. The van der Waals surface area contributed by atoms with Gasteiger partial charge in [-0.25, -0.2) is 13.8 Å². The summed E-state index contributed by atoms with van der Waals surface area (Å²) in [6.45, 7) is -0.793. The SMILES string of the molecule is N#C[C@@H]1CC(F)(F)CN1C(=O)CCC(=O)c1ccncc1/C=C/c1nc2ccccc2[nH]1. The normalized spacial score (nSPS) is 17.7. The standard InChI is InChI=1S/C23H19F2N5O2/c24-23(25)11-16(12-26)30(14-23)22(32)8-6-20(31)17-9-10-27-13-15(17)5-7-21-28-18-3-1-2-4-19(18)29-21/h1-5,7,9-10,13,16H,6,8,11,14H2,(H,28,29)/b7-5+/t16-/m0/s1. The van der Waals surface area contributed by atoms with Crippen molar-refractivity contribution in [3.8, 4) is 6.07 Å². The molecule has 1 aromatic carbocycles. The summed E-state index contributed by atoms with van der Waals surface area (Å²) < 4.78 is 27.1. The number of aromatic amines is 1. The highest BCUT2D eigenvalue weighted by Crippen LogP contribution is 2.32. The highest BCUT2D eigenvalue weighted by molar-refractivity contribution is 6.01. The molecule has 2 aromatic heterocycles. The number of rotatable bonds is 6. The number of carbonyl (C=O) groups is 2. The van der Waals surface area contributed by atoms with Crippen LogP contribution in [-0.2, 0) is 4.79 Å². The van der Waals surface area contributed by atoms with Crippen LogP contribution in [0, 0.1) is 11.3 Å². The minimum Gasteiger partial charge on any atom is -0.338 e. The summed E-state index contributed by atoms with van der Waals surface area (Å²) in [5, 5.41) is 9.04. The van der Waals surface area contributed by atoms with Crippen molar-refractivity contribution in [3.63, 3.8) is 0 Å². The zero-order chi connectivity index (χ0) is 22.7. The molecule has 0 aliphatic carbocycles. The van der Waals surface area contributed by atoms with E-state index in [1.54, 1.807) is 24.3 Å². The van der Waals surface area contributed by atoms with Crippen molar-refractivity contribution in [1.29, 1.82) is 5.26 Å². The number of alkyl halides is 2. The molecule has 1 fully saturated rings. The fraction of sp³-hybridized carbons (Fsp3) is 0.261. The quantitative estimate of drug-likeness (QED) is 0.593. The van der Waals surface area contributed by atoms with E-state index in [4.69, 9.17) is 5.26 Å². The number of carbonyl (C=O) groups excluding carboxylic acids is 2. The van der Waals surface area contributed by atoms with Gasteiger partial charge in [0.2, 0.25) is 5.91 Å². The molecule has 1 aliphatic rings. The number of likely N-dealkylation sites (tertiary alicyclic amines) is 1. The molecule has 3 heterocycles. The number of amides is 1. The van der Waals surface area contributed by atoms with Gasteiger partial charge in [0.1, 0.15) is 11.9 Å². The minimum absolute atomic E-state index is 0.158. The molecular weight excluding hydrogens is 416 g/mol. The molecule has 1 amide bonds. The molecule has 9 heteroatoms. The first-order valence-electron chi connectivity index (χ1n) is 10.0. The third-order valence-corrected chi connectivity index (χ3v) is 5.29. The highest BCUT2D eigenvalue weighted by Gasteiger charge is 2.47. The van der Waals surface area contributed by atoms with Crippen LogP contribution in [0.1, 0.15) is 41.0 Å². The van der Waals surface area contributed by atoms with Gasteiger partial charge in [0.15, 0.2) is 5.78 Å². The maximum Gasteiger partial charge on any atom is 0.268 e. The van der Waals surface area contributed by atoms with E-state index < -0.39 is 30.8 Å². The largest absolute Gasteiger partial charge is 0.338 e. The second-order valence-electron chi connectivity index (χ2n) is 7.59. The number of Topliss-reactive ketones (excluding diaryl/α,β-unsaturated/α-hetero) is 1. The smallest absolute Gasteiger partial charge is 0.268 e. The highest BCUT2D eigenvalue weighted by atomic mass is 19.3. The first-order valence-corrected chi connectivity index (χ1v) is 10.0. The van der Waals surface area contributed by atoms with Gasteiger partial charge in [-0.1, -0.05) is 12.1 Å². The van der Waals surface area contributed by atoms with Crippen LogP contribution in [0.2, 0.25) is 0 Å². The topological polar surface area (TPSA) is 103 Å². The van der Waals surface area contributed by atoms with Crippen LogP contribution in [0.3, 0.4) is 0 Å². The van der Waals surface area contributed by atoms with Crippen molar-refractivity contribution in [3.05, 3.63) is 59.7 Å². The van der Waals surface area contributed by atoms with Gasteiger partial charge in [0.25, 0.3) is 5.92 Å². The Bertz CT molecular complexity index is 1210. The lowest BCUT2D eigenvalue weighted by atomic mass is 10.0. The number of nitriles is 1. The van der Waals surface area contributed by atoms with Crippen molar-refractivity contribution < 1.29 is 18.4 Å². The fourth-order valence-corrected chi connectivity index (χ4v) is 3.71. The molecule has 7 nitrogen and oxygen atoms in total. The molecule has 162 valence electrons. The molecule has 1 N–H and O–H groups in total. The summed E-state index contributed by atoms with van der Waals surface area (Å²) in [5.74, 6) is -3.42. The van der Waals surface area contributed by atoms with E-state index >= 15 is 0 Å². The van der Waals surface area contributed by atoms with E-state index in [0.29, 0.717) is 17.0 Å². The maximum absolute atomic E-state index is 13.6. The Hall–Kier alpha value is -3.93. The number of pyridine rings is 1. The lowest BCUT2D eigenvalue weighted by Crippen LogP contribution is -2.36. The molecule has 1 saturated heterocycles. The zero-order valence-corrected chi connectivity index (χ0v) is 17.0. The Balaban J connectivity index is 1.44. The van der Waals surface area contributed by atoms with Crippen molar-refractivity contribution >= 4 is 34.9 Å². The molecule has 0 saturated carbocycles. The molecule has 0 unspecified atom stereocenters. The number of hydrogen-bond acceptors (Lipinski definition) is 5. The molecule has 0 radical (unpaired) electrons. The Morgan fingerprint density at radius 3 is 2.84 bits per heavy atom. The first-order chi connectivity index (χ1) is 15.4. The second-order valence-corrected chi connectivity index (χ2v) is 7.59. The van der Waals surface area contributed by atoms with Gasteiger partial charge >= 0.3 is 0 Å². The number of aromatic nitrogens is 3. The minimum atomic E-state index is -3.08. The summed E-state index contributed by atoms with van der Waals surface area (Å²) in [6.07, 6.45) is 5.34. The molecule has 4 rings (SSSR count). The lowest BCUT2D eigenvalue weighted by Gasteiger charge is -2.18. The number of nitrogens with zero attached hydrogens (tertiary/aromatic N) is 4. The zero-order valence-electron chi connectivity index (χ0n) is 17.0. The van der Waals surface area contributed by atoms with Crippen LogP contribution >= 0.6 is 0 Å². The predicted octanol–water partition coefficient (Wildman–Crippen LogP) is 3.85. The number of benzene rings is 1. The number of hydrogen-bond donors (Lipinski definition) is 1. The average Bonchev–Trinajstić information content (AvgIpc) is 3.35. The van der Waals surface area contributed by atoms with E-state index in [2.05, 4.69) is 15.0 Å². The third-order valence-electron chi connectivity index (χ3n) is 5.29. The van der Waals surface area contributed by atoms with Gasteiger partial charge in [-0.15, -0.1) is 0 Å². The molecule has 0 bridgehead atoms. The summed E-state index contributed by atoms with van der Waals surface area (Å²) in [6, 6.07) is 9.68. The van der Waals surface area contributed by atoms with Gasteiger partial charge in [0.05, 0.1) is 23.6 Å². The number of nitrogens with one attached hydrogen (secondary N) is 1. The van der Waals surface area contributed by atoms with Crippen molar-refractivity contribution in [2.24, 2.45) is 0 Å². The Morgan fingerprint density at radius 2 is 2.06 bits per heavy atom. The van der Waals surface area contributed by atoms with Gasteiger partial charge in [-0.3, -0.25) is 14.6 Å². The van der Waals surface area contributed by atoms with Crippen molar-refractivity contribution in [2.75, 3.05) is 6.54 Å². The Morgan fingerprint density at radius 1 is 1.25 bits per heavy atom. The summed E-state index contributed by atoms with van der Waals surface area (Å²) in [7, 11) is 0. The van der Waals surface area contributed by atoms with Gasteiger partial charge < -0.3 is 9.88 Å². The van der Waals surface area contributed by atoms with Crippen molar-refractivity contribution in [2.45, 2.75) is 31.2 Å². The molecule has 1 atom stereocenters. The second kappa shape index (κ2) is 8.67. The van der Waals surface area contributed by atoms with E-state index in [0.717, 1.165) is 15.9 Å². The van der Waals surface area contributed by atoms with Crippen molar-refractivity contribution in [1.82, 2.24) is 19.9 Å². The van der Waals surface area contributed by atoms with Gasteiger partial charge in [0, 0.05) is 42.8 Å². The number of fused-ring (bicyclic) bond motifs is 1. The van der Waals surface area contributed by atoms with E-state index in [1.807, 2.05) is 24.3 Å². The molecule has 0 spiro atoms. The summed E-state index contributed by atoms with van der Waals surface area (Å²) >= 11 is 0. The number of halogens is 2. The monoisotopic (exact) mass is 435 g/mol. The molecule has 32 heavy (non-hydrogen) atoms. The van der Waals surface area contributed by atoms with E-state index in [-0.39, 0.29) is 18.6 Å². The molecular formula is C23H19F2N5O2. The average molecular weight is 435 g/mol. The van der Waals surface area contributed by atoms with Crippen LogP contribution < -0.4 is 0 Å². The first kappa shape index (κ1) is 21.3.